The minimum absolute atomic E-state index is 0.0470. The van der Waals surface area contributed by atoms with Crippen molar-refractivity contribution in [3.05, 3.63) is 108 Å². The Balaban J connectivity index is 0.000000316. The molecule has 322 valence electrons. The first kappa shape index (κ1) is 48.2. The lowest BCUT2D eigenvalue weighted by Gasteiger charge is -2.23. The van der Waals surface area contributed by atoms with Gasteiger partial charge in [-0.05, 0) is 73.9 Å². The summed E-state index contributed by atoms with van der Waals surface area (Å²) in [5.41, 5.74) is 5.46. The highest BCUT2D eigenvalue weighted by Gasteiger charge is 2.36. The van der Waals surface area contributed by atoms with Crippen LogP contribution >= 0.6 is 0 Å². The summed E-state index contributed by atoms with van der Waals surface area (Å²) in [5, 5.41) is 15.9. The van der Waals surface area contributed by atoms with Crippen LogP contribution in [0.1, 0.15) is 63.0 Å². The van der Waals surface area contributed by atoms with Crippen LogP contribution in [0.2, 0.25) is 0 Å². The molecule has 0 aliphatic carbocycles. The fourth-order valence-electron chi connectivity index (χ4n) is 6.58. The van der Waals surface area contributed by atoms with Crippen LogP contribution in [0.15, 0.2) is 107 Å². The lowest BCUT2D eigenvalue weighted by molar-refractivity contribution is -0.133. The monoisotopic (exact) mass is 856 g/mol. The molecule has 0 aliphatic heterocycles. The van der Waals surface area contributed by atoms with Crippen molar-refractivity contribution in [3.63, 3.8) is 0 Å². The molecule has 4 rings (SSSR count). The number of nitrogens with one attached hydrogen (secondary N) is 2. The summed E-state index contributed by atoms with van der Waals surface area (Å²) in [6, 6.07) is 28.6. The first-order chi connectivity index (χ1) is 28.3. The maximum absolute atomic E-state index is 13.4. The fourth-order valence-corrected chi connectivity index (χ4v) is 10.4. The van der Waals surface area contributed by atoms with E-state index in [-0.39, 0.29) is 22.6 Å². The van der Waals surface area contributed by atoms with Crippen molar-refractivity contribution in [2.45, 2.75) is 85.0 Å². The summed E-state index contributed by atoms with van der Waals surface area (Å²) in [5.74, 6) is -0.973. The number of ether oxygens (including phenoxy) is 4. The Morgan fingerprint density at radius 1 is 0.576 bits per heavy atom. The van der Waals surface area contributed by atoms with E-state index in [0.717, 1.165) is 25.7 Å². The molecule has 14 nitrogen and oxygen atoms in total. The van der Waals surface area contributed by atoms with Crippen molar-refractivity contribution in [2.75, 3.05) is 28.4 Å². The van der Waals surface area contributed by atoms with E-state index in [0.29, 0.717) is 42.3 Å². The number of unbranched alkanes of at least 4 members (excludes halogenated alkanes) is 2. The molecule has 2 amide bonds. The van der Waals surface area contributed by atoms with E-state index in [4.69, 9.17) is 29.4 Å². The van der Waals surface area contributed by atoms with Crippen LogP contribution in [-0.4, -0.2) is 78.0 Å². The van der Waals surface area contributed by atoms with Gasteiger partial charge in [0.2, 0.25) is 11.8 Å². The summed E-state index contributed by atoms with van der Waals surface area (Å²) in [4.78, 5) is 23.8. The quantitative estimate of drug-likeness (QED) is 0.0377. The number of carbonyl (C=O) groups excluding carboxylic acids is 2. The minimum atomic E-state index is -3.87. The summed E-state index contributed by atoms with van der Waals surface area (Å²) in [6.45, 7) is 1.51. The van der Waals surface area contributed by atoms with Crippen molar-refractivity contribution >= 4 is 31.5 Å². The number of hydrogen-bond acceptors (Lipinski definition) is 12. The van der Waals surface area contributed by atoms with Crippen molar-refractivity contribution < 1.29 is 55.8 Å². The molecule has 0 aromatic heterocycles. The third-order valence-electron chi connectivity index (χ3n) is 9.95. The molecule has 0 heterocycles. The van der Waals surface area contributed by atoms with Gasteiger partial charge in [-0.1, -0.05) is 80.4 Å². The molecule has 4 aromatic carbocycles. The highest BCUT2D eigenvalue weighted by Crippen LogP contribution is 2.34. The molecule has 3 atom stereocenters. The van der Waals surface area contributed by atoms with Crippen LogP contribution < -0.4 is 29.9 Å². The van der Waals surface area contributed by atoms with Gasteiger partial charge in [-0.3, -0.25) is 20.0 Å². The Morgan fingerprint density at radius 3 is 1.44 bits per heavy atom. The molecule has 0 radical (unpaired) electrons. The average molecular weight is 857 g/mol. The van der Waals surface area contributed by atoms with Crippen molar-refractivity contribution in [1.29, 1.82) is 0 Å². The number of amides is 2. The zero-order valence-corrected chi connectivity index (χ0v) is 35.8. The molecular weight excluding hydrogens is 801 g/mol. The zero-order valence-electron chi connectivity index (χ0n) is 34.1. The summed E-state index contributed by atoms with van der Waals surface area (Å²) in [6.07, 6.45) is 4.76. The van der Waals surface area contributed by atoms with E-state index in [9.17, 15) is 26.4 Å². The molecule has 4 N–H and O–H groups in total. The predicted octanol–water partition coefficient (Wildman–Crippen LogP) is 6.56. The molecule has 59 heavy (non-hydrogen) atoms. The average Bonchev–Trinajstić information content (AvgIpc) is 3.26. The third kappa shape index (κ3) is 14.0. The molecule has 0 aliphatic rings. The van der Waals surface area contributed by atoms with Crippen molar-refractivity contribution in [2.24, 2.45) is 5.92 Å². The lowest BCUT2D eigenvalue weighted by Crippen LogP contribution is -2.38. The Labute approximate surface area is 347 Å². The molecule has 4 aromatic rings. The van der Waals surface area contributed by atoms with Crippen LogP contribution in [-0.2, 0) is 42.1 Å². The minimum Gasteiger partial charge on any atom is -0.493 e. The third-order valence-corrected chi connectivity index (χ3v) is 14.5. The second-order valence-corrected chi connectivity index (χ2v) is 18.1. The maximum Gasteiger partial charge on any atom is 0.247 e. The topological polar surface area (TPSA) is 204 Å². The van der Waals surface area contributed by atoms with Gasteiger partial charge < -0.3 is 18.9 Å². The molecule has 0 saturated heterocycles. The molecule has 0 saturated carbocycles. The van der Waals surface area contributed by atoms with Crippen molar-refractivity contribution in [1.82, 2.24) is 11.0 Å². The van der Waals surface area contributed by atoms with E-state index < -0.39 is 47.9 Å². The smallest absolute Gasteiger partial charge is 0.247 e. The fraction of sp³-hybridized carbons (Fsp3) is 0.395. The highest BCUT2D eigenvalue weighted by molar-refractivity contribution is 7.92. The van der Waals surface area contributed by atoms with Gasteiger partial charge in [0, 0.05) is 18.6 Å². The number of hydrogen-bond donors (Lipinski definition) is 4. The van der Waals surface area contributed by atoms with Crippen LogP contribution in [0.3, 0.4) is 0 Å². The lowest BCUT2D eigenvalue weighted by atomic mass is 10.00. The molecule has 3 unspecified atom stereocenters. The van der Waals surface area contributed by atoms with Gasteiger partial charge in [0.1, 0.15) is 0 Å². The van der Waals surface area contributed by atoms with Gasteiger partial charge in [0.25, 0.3) is 0 Å². The van der Waals surface area contributed by atoms with Gasteiger partial charge in [0.15, 0.2) is 42.7 Å². The number of carbonyl (C=O) groups is 2. The van der Waals surface area contributed by atoms with E-state index >= 15 is 0 Å². The SMILES string of the molecule is COc1ccc(S(=O)(=O)C(CCCCc2ccccc2)C(C)C(=O)NO)cc1OC.COc1ccc(S(=O)(=O)C(CCCCc2ccccc2)CC(=O)NO)cc1OC. The predicted molar refractivity (Wildman–Crippen MR) is 223 cm³/mol. The van der Waals surface area contributed by atoms with E-state index in [1.807, 2.05) is 60.7 Å². The maximum atomic E-state index is 13.4. The van der Waals surface area contributed by atoms with Gasteiger partial charge in [-0.25, -0.2) is 27.8 Å². The molecule has 0 fully saturated rings. The van der Waals surface area contributed by atoms with Crippen molar-refractivity contribution in [3.8, 4) is 23.0 Å². The first-order valence-electron chi connectivity index (χ1n) is 19.1. The molecule has 16 heteroatoms. The van der Waals surface area contributed by atoms with Gasteiger partial charge >= 0.3 is 0 Å². The summed E-state index contributed by atoms with van der Waals surface area (Å²) >= 11 is 0. The number of benzene rings is 4. The summed E-state index contributed by atoms with van der Waals surface area (Å²) in [7, 11) is -1.90. The van der Waals surface area contributed by atoms with Crippen LogP contribution in [0.4, 0.5) is 0 Å². The second-order valence-electron chi connectivity index (χ2n) is 13.8. The van der Waals surface area contributed by atoms with Gasteiger partial charge in [-0.15, -0.1) is 0 Å². The molecule has 0 spiro atoms. The Bertz CT molecular complexity index is 2130. The first-order valence-corrected chi connectivity index (χ1v) is 22.2. The Kier molecular flexibility index (Phi) is 19.7. The van der Waals surface area contributed by atoms with E-state index in [1.165, 1.54) is 88.4 Å². The normalized spacial score (nSPS) is 12.8. The molecule has 0 bridgehead atoms. The number of aryl methyl sites for hydroxylation is 2. The highest BCUT2D eigenvalue weighted by atomic mass is 32.2. The Morgan fingerprint density at radius 2 is 1.02 bits per heavy atom. The number of rotatable bonds is 22. The van der Waals surface area contributed by atoms with Crippen LogP contribution in [0.5, 0.6) is 23.0 Å². The zero-order chi connectivity index (χ0) is 43.4. The number of hydroxylamine groups is 2. The largest absolute Gasteiger partial charge is 0.493 e. The summed E-state index contributed by atoms with van der Waals surface area (Å²) < 4.78 is 73.8. The molecular formula is C43H56N2O12S2. The van der Waals surface area contributed by atoms with Crippen LogP contribution in [0.25, 0.3) is 0 Å². The standard InChI is InChI=1S/C22H29NO6S.C21H27NO6S/c1-16(22(24)23-25)21(12-8-7-11-17-9-5-4-6-10-17)30(26,27)18-13-14-19(28-2)20(15-18)29-3;1-27-19-13-12-18(14-20(19)28-2)29(25,26)17(15-21(23)22-24)11-7-6-10-16-8-4-3-5-9-16/h4-6,9-10,13-16,21,25H,7-8,11-12H2,1-3H3,(H,23,24);3-5,8-9,12-14,17,24H,6-7,10-11,15H2,1-2H3,(H,22,23). The number of sulfone groups is 2. The van der Waals surface area contributed by atoms with Gasteiger partial charge in [0.05, 0.1) is 54.6 Å². The Hall–Kier alpha value is -5.16. The number of methoxy groups -OCH3 is 4. The van der Waals surface area contributed by atoms with Gasteiger partial charge in [-0.2, -0.15) is 0 Å². The van der Waals surface area contributed by atoms with E-state index in [2.05, 4.69) is 0 Å². The van der Waals surface area contributed by atoms with E-state index in [1.54, 1.807) is 5.48 Å². The van der Waals surface area contributed by atoms with Crippen LogP contribution in [0, 0.1) is 5.92 Å². The second kappa shape index (κ2) is 24.1.